The molecule has 0 fully saturated rings. The molecule has 25 heavy (non-hydrogen) atoms. The first-order valence-electron chi connectivity index (χ1n) is 7.81. The van der Waals surface area contributed by atoms with Crippen molar-refractivity contribution in [1.82, 2.24) is 5.43 Å². The van der Waals surface area contributed by atoms with E-state index in [-0.39, 0.29) is 12.5 Å². The zero-order chi connectivity index (χ0) is 17.6. The summed E-state index contributed by atoms with van der Waals surface area (Å²) in [4.78, 5) is 11.8. The lowest BCUT2D eigenvalue weighted by atomic mass is 10.1. The molecule has 1 N–H and O–H groups in total. The number of nitrogens with one attached hydrogen (secondary N) is 1. The Kier molecular flexibility index (Phi) is 5.31. The van der Waals surface area contributed by atoms with Crippen molar-refractivity contribution in [2.45, 2.75) is 6.92 Å². The molecular formula is C20H17ClN2O2. The number of aryl methyl sites for hydroxylation is 1. The van der Waals surface area contributed by atoms with Crippen molar-refractivity contribution in [3.8, 4) is 5.75 Å². The minimum absolute atomic E-state index is 0.115. The molecule has 0 aromatic heterocycles. The number of benzene rings is 3. The van der Waals surface area contributed by atoms with E-state index < -0.39 is 0 Å². The average Bonchev–Trinajstić information content (AvgIpc) is 2.62. The van der Waals surface area contributed by atoms with E-state index in [1.807, 2.05) is 49.4 Å². The van der Waals surface area contributed by atoms with Gasteiger partial charge in [-0.15, -0.1) is 0 Å². The summed E-state index contributed by atoms with van der Waals surface area (Å²) in [7, 11) is 0. The summed E-state index contributed by atoms with van der Waals surface area (Å²) >= 11 is 5.95. The van der Waals surface area contributed by atoms with Crippen LogP contribution in [-0.2, 0) is 4.79 Å². The highest BCUT2D eigenvalue weighted by Gasteiger charge is 2.03. The van der Waals surface area contributed by atoms with Crippen molar-refractivity contribution in [2.24, 2.45) is 5.10 Å². The molecule has 4 nitrogen and oxygen atoms in total. The SMILES string of the molecule is Cc1cc(OCC(=O)N/N=C\c2ccc3ccccc3c2)ccc1Cl. The molecule has 3 rings (SSSR count). The first-order valence-corrected chi connectivity index (χ1v) is 8.19. The van der Waals surface area contributed by atoms with Gasteiger partial charge in [-0.3, -0.25) is 4.79 Å². The van der Waals surface area contributed by atoms with E-state index in [2.05, 4.69) is 10.5 Å². The largest absolute Gasteiger partial charge is 0.484 e. The van der Waals surface area contributed by atoms with Gasteiger partial charge in [0.05, 0.1) is 6.21 Å². The van der Waals surface area contributed by atoms with E-state index >= 15 is 0 Å². The van der Waals surface area contributed by atoms with Crippen LogP contribution in [0.2, 0.25) is 5.02 Å². The van der Waals surface area contributed by atoms with E-state index in [1.54, 1.807) is 24.4 Å². The molecule has 5 heteroatoms. The van der Waals surface area contributed by atoms with Crippen molar-refractivity contribution in [1.29, 1.82) is 0 Å². The summed E-state index contributed by atoms with van der Waals surface area (Å²) in [6.07, 6.45) is 1.61. The van der Waals surface area contributed by atoms with Crippen LogP contribution >= 0.6 is 11.6 Å². The lowest BCUT2D eigenvalue weighted by molar-refractivity contribution is -0.123. The molecule has 1 amide bonds. The molecule has 0 aliphatic heterocycles. The number of nitrogens with zero attached hydrogens (tertiary/aromatic N) is 1. The minimum atomic E-state index is -0.329. The Hall–Kier alpha value is -2.85. The van der Waals surface area contributed by atoms with Gasteiger partial charge in [0.25, 0.3) is 5.91 Å². The number of hydrogen-bond donors (Lipinski definition) is 1. The number of amides is 1. The van der Waals surface area contributed by atoms with Crippen LogP contribution in [0.5, 0.6) is 5.75 Å². The number of hydrazone groups is 1. The standard InChI is InChI=1S/C20H17ClN2O2/c1-14-10-18(8-9-19(14)21)25-13-20(24)23-22-12-15-6-7-16-4-2-3-5-17(16)11-15/h2-12H,13H2,1H3,(H,23,24)/b22-12-. The van der Waals surface area contributed by atoms with Crippen LogP contribution < -0.4 is 10.2 Å². The molecule has 0 radical (unpaired) electrons. The van der Waals surface area contributed by atoms with E-state index in [1.165, 1.54) is 0 Å². The normalized spacial score (nSPS) is 11.0. The molecule has 0 aliphatic carbocycles. The Balaban J connectivity index is 1.53. The Labute approximate surface area is 151 Å². The molecule has 0 atom stereocenters. The van der Waals surface area contributed by atoms with Crippen LogP contribution in [0.1, 0.15) is 11.1 Å². The summed E-state index contributed by atoms with van der Waals surface area (Å²) < 4.78 is 5.42. The number of carbonyl (C=O) groups excluding carboxylic acids is 1. The lowest BCUT2D eigenvalue weighted by Gasteiger charge is -2.06. The zero-order valence-corrected chi connectivity index (χ0v) is 14.5. The quantitative estimate of drug-likeness (QED) is 0.549. The van der Waals surface area contributed by atoms with Gasteiger partial charge in [-0.25, -0.2) is 5.43 Å². The Morgan fingerprint density at radius 1 is 1.12 bits per heavy atom. The second-order valence-corrected chi connectivity index (χ2v) is 6.01. The number of rotatable bonds is 5. The number of carbonyl (C=O) groups is 1. The number of ether oxygens (including phenoxy) is 1. The maximum Gasteiger partial charge on any atom is 0.277 e. The Bertz CT molecular complexity index is 938. The van der Waals surface area contributed by atoms with Gasteiger partial charge >= 0.3 is 0 Å². The van der Waals surface area contributed by atoms with Crippen LogP contribution in [0, 0.1) is 6.92 Å². The van der Waals surface area contributed by atoms with Gasteiger partial charge in [0.2, 0.25) is 0 Å². The zero-order valence-electron chi connectivity index (χ0n) is 13.7. The molecule has 0 heterocycles. The fraction of sp³-hybridized carbons (Fsp3) is 0.100. The first-order chi connectivity index (χ1) is 12.1. The molecule has 0 saturated carbocycles. The summed E-state index contributed by atoms with van der Waals surface area (Å²) in [6, 6.07) is 19.3. The molecule has 126 valence electrons. The van der Waals surface area contributed by atoms with Crippen molar-refractivity contribution >= 4 is 34.5 Å². The van der Waals surface area contributed by atoms with Gasteiger partial charge in [0, 0.05) is 5.02 Å². The van der Waals surface area contributed by atoms with Gasteiger partial charge in [0.1, 0.15) is 5.75 Å². The summed E-state index contributed by atoms with van der Waals surface area (Å²) in [5.74, 6) is 0.264. The molecular weight excluding hydrogens is 336 g/mol. The minimum Gasteiger partial charge on any atom is -0.484 e. The van der Waals surface area contributed by atoms with Gasteiger partial charge in [-0.1, -0.05) is 48.0 Å². The maximum atomic E-state index is 11.8. The van der Waals surface area contributed by atoms with Gasteiger partial charge in [-0.2, -0.15) is 5.10 Å². The van der Waals surface area contributed by atoms with Crippen molar-refractivity contribution in [3.63, 3.8) is 0 Å². The van der Waals surface area contributed by atoms with Gasteiger partial charge in [0.15, 0.2) is 6.61 Å². The predicted molar refractivity (Wildman–Crippen MR) is 101 cm³/mol. The number of hydrogen-bond acceptors (Lipinski definition) is 3. The summed E-state index contributed by atoms with van der Waals surface area (Å²) in [5.41, 5.74) is 4.26. The highest BCUT2D eigenvalue weighted by atomic mass is 35.5. The van der Waals surface area contributed by atoms with Crippen LogP contribution in [0.3, 0.4) is 0 Å². The van der Waals surface area contributed by atoms with Crippen molar-refractivity contribution < 1.29 is 9.53 Å². The topological polar surface area (TPSA) is 50.7 Å². The van der Waals surface area contributed by atoms with E-state index in [0.717, 1.165) is 21.9 Å². The molecule has 3 aromatic rings. The Morgan fingerprint density at radius 2 is 1.92 bits per heavy atom. The Morgan fingerprint density at radius 3 is 2.72 bits per heavy atom. The third-order valence-corrected chi connectivity index (χ3v) is 4.10. The summed E-state index contributed by atoms with van der Waals surface area (Å²) in [5, 5.41) is 6.92. The molecule has 3 aromatic carbocycles. The smallest absolute Gasteiger partial charge is 0.277 e. The van der Waals surface area contributed by atoms with E-state index in [4.69, 9.17) is 16.3 Å². The third-order valence-electron chi connectivity index (χ3n) is 3.68. The summed E-state index contributed by atoms with van der Waals surface area (Å²) in [6.45, 7) is 1.76. The van der Waals surface area contributed by atoms with Crippen LogP contribution in [0.15, 0.2) is 65.8 Å². The monoisotopic (exact) mass is 352 g/mol. The fourth-order valence-corrected chi connectivity index (χ4v) is 2.47. The fourth-order valence-electron chi connectivity index (χ4n) is 2.36. The molecule has 0 aliphatic rings. The lowest BCUT2D eigenvalue weighted by Crippen LogP contribution is -2.24. The van der Waals surface area contributed by atoms with Gasteiger partial charge < -0.3 is 4.74 Å². The van der Waals surface area contributed by atoms with Crippen LogP contribution in [-0.4, -0.2) is 18.7 Å². The molecule has 0 unspecified atom stereocenters. The highest BCUT2D eigenvalue weighted by Crippen LogP contribution is 2.20. The highest BCUT2D eigenvalue weighted by molar-refractivity contribution is 6.31. The first kappa shape index (κ1) is 17.0. The van der Waals surface area contributed by atoms with E-state index in [9.17, 15) is 4.79 Å². The maximum absolute atomic E-state index is 11.8. The van der Waals surface area contributed by atoms with Gasteiger partial charge in [-0.05, 0) is 53.1 Å². The molecule has 0 saturated heterocycles. The van der Waals surface area contributed by atoms with E-state index in [0.29, 0.717) is 10.8 Å². The number of fused-ring (bicyclic) bond motifs is 1. The molecule has 0 spiro atoms. The van der Waals surface area contributed by atoms with Crippen molar-refractivity contribution in [3.05, 3.63) is 76.8 Å². The van der Waals surface area contributed by atoms with Crippen LogP contribution in [0.25, 0.3) is 10.8 Å². The third kappa shape index (κ3) is 4.58. The predicted octanol–water partition coefficient (Wildman–Crippen LogP) is 4.33. The average molecular weight is 353 g/mol. The van der Waals surface area contributed by atoms with Crippen LogP contribution in [0.4, 0.5) is 0 Å². The number of halogens is 1. The van der Waals surface area contributed by atoms with Crippen molar-refractivity contribution in [2.75, 3.05) is 6.61 Å². The second-order valence-electron chi connectivity index (χ2n) is 5.60. The molecule has 0 bridgehead atoms. The second kappa shape index (κ2) is 7.81.